The average Bonchev–Trinajstić information content (AvgIpc) is 2.93. The van der Waals surface area contributed by atoms with E-state index in [0.29, 0.717) is 6.42 Å². The largest absolute Gasteiger partial charge is 0.331 e. The summed E-state index contributed by atoms with van der Waals surface area (Å²) in [4.78, 5) is 16.0. The van der Waals surface area contributed by atoms with Gasteiger partial charge in [0.2, 0.25) is 0 Å². The molecule has 0 aromatic heterocycles. The van der Waals surface area contributed by atoms with Crippen LogP contribution in [-0.2, 0) is 9.63 Å². The summed E-state index contributed by atoms with van der Waals surface area (Å²) in [5.74, 6) is -0.403. The summed E-state index contributed by atoms with van der Waals surface area (Å²) < 4.78 is 0. The Hall–Kier alpha value is -2.94. The van der Waals surface area contributed by atoms with Crippen molar-refractivity contribution in [2.45, 2.75) is 20.3 Å². The van der Waals surface area contributed by atoms with Crippen LogP contribution in [0.2, 0.25) is 0 Å². The molecular formula is C21H17NO2. The second kappa shape index (κ2) is 5.60. The van der Waals surface area contributed by atoms with Crippen molar-refractivity contribution < 1.29 is 9.63 Å². The van der Waals surface area contributed by atoms with Crippen molar-refractivity contribution in [3.8, 4) is 22.3 Å². The molecule has 3 aromatic carbocycles. The molecule has 3 aromatic rings. The number of hydrogen-bond donors (Lipinski definition) is 0. The highest BCUT2D eigenvalue weighted by molar-refractivity contribution is 6.21. The summed E-state index contributed by atoms with van der Waals surface area (Å²) in [6.45, 7) is 3.38. The Kier molecular flexibility index (Phi) is 3.42. The van der Waals surface area contributed by atoms with Gasteiger partial charge < -0.3 is 4.84 Å². The van der Waals surface area contributed by atoms with Crippen LogP contribution in [0.4, 0.5) is 0 Å². The van der Waals surface area contributed by atoms with Crippen LogP contribution in [0.3, 0.4) is 0 Å². The van der Waals surface area contributed by atoms with Crippen LogP contribution >= 0.6 is 0 Å². The maximum atomic E-state index is 11.1. The van der Waals surface area contributed by atoms with E-state index in [9.17, 15) is 4.79 Å². The van der Waals surface area contributed by atoms with Gasteiger partial charge in [-0.25, -0.2) is 4.79 Å². The fraction of sp³-hybridized carbons (Fsp3) is 0.143. The van der Waals surface area contributed by atoms with Crippen LogP contribution in [0.5, 0.6) is 0 Å². The Morgan fingerprint density at radius 3 is 2.25 bits per heavy atom. The Labute approximate surface area is 140 Å². The van der Waals surface area contributed by atoms with E-state index in [-0.39, 0.29) is 0 Å². The molecule has 0 heterocycles. The highest BCUT2D eigenvalue weighted by atomic mass is 16.7. The Morgan fingerprint density at radius 2 is 1.58 bits per heavy atom. The molecule has 0 atom stereocenters. The van der Waals surface area contributed by atoms with E-state index in [1.807, 2.05) is 6.92 Å². The van der Waals surface area contributed by atoms with Crippen molar-refractivity contribution in [3.05, 3.63) is 60.2 Å². The van der Waals surface area contributed by atoms with Crippen molar-refractivity contribution in [1.29, 1.82) is 0 Å². The van der Waals surface area contributed by atoms with E-state index in [4.69, 9.17) is 4.84 Å². The molecule has 0 N–H and O–H groups in total. The minimum Gasteiger partial charge on any atom is -0.318 e. The molecule has 0 aliphatic heterocycles. The number of benzene rings is 3. The number of fused-ring (bicyclic) bond motifs is 3. The third-order valence-electron chi connectivity index (χ3n) is 4.48. The number of oxime groups is 1. The minimum absolute atomic E-state index is 0.403. The summed E-state index contributed by atoms with van der Waals surface area (Å²) in [6.07, 6.45) is 0.693. The molecule has 3 nitrogen and oxygen atoms in total. The first-order valence-corrected chi connectivity index (χ1v) is 8.11. The SMILES string of the molecule is CC/C(=N/OC(C)=O)c1ccc2c3c(cccc13)-c1ccccc1-2. The number of hydrogen-bond acceptors (Lipinski definition) is 3. The third kappa shape index (κ3) is 2.13. The molecule has 3 heteroatoms. The Balaban J connectivity index is 1.98. The zero-order valence-corrected chi connectivity index (χ0v) is 13.7. The molecule has 0 bridgehead atoms. The zero-order valence-electron chi connectivity index (χ0n) is 13.7. The summed E-state index contributed by atoms with van der Waals surface area (Å²) in [5, 5.41) is 6.46. The number of carbonyl (C=O) groups is 1. The smallest absolute Gasteiger partial charge is 0.318 e. The van der Waals surface area contributed by atoms with Crippen molar-refractivity contribution in [2.24, 2.45) is 5.16 Å². The topological polar surface area (TPSA) is 38.7 Å². The quantitative estimate of drug-likeness (QED) is 0.297. The second-order valence-electron chi connectivity index (χ2n) is 5.91. The summed E-state index contributed by atoms with van der Waals surface area (Å²) in [6, 6.07) is 19.1. The van der Waals surface area contributed by atoms with Crippen molar-refractivity contribution in [2.75, 3.05) is 0 Å². The number of carbonyl (C=O) groups excluding carboxylic acids is 1. The predicted octanol–water partition coefficient (Wildman–Crippen LogP) is 5.16. The first-order valence-electron chi connectivity index (χ1n) is 8.11. The van der Waals surface area contributed by atoms with Gasteiger partial charge in [-0.1, -0.05) is 66.7 Å². The molecule has 0 saturated heterocycles. The normalized spacial score (nSPS) is 12.3. The van der Waals surface area contributed by atoms with Gasteiger partial charge in [-0.15, -0.1) is 0 Å². The maximum absolute atomic E-state index is 11.1. The van der Waals surface area contributed by atoms with Crippen LogP contribution in [-0.4, -0.2) is 11.7 Å². The van der Waals surface area contributed by atoms with Gasteiger partial charge >= 0.3 is 5.97 Å². The lowest BCUT2D eigenvalue weighted by atomic mass is 9.95. The molecule has 0 amide bonds. The van der Waals surface area contributed by atoms with E-state index in [1.54, 1.807) is 0 Å². The van der Waals surface area contributed by atoms with Crippen LogP contribution in [0.15, 0.2) is 59.8 Å². The molecule has 0 spiro atoms. The van der Waals surface area contributed by atoms with Crippen molar-refractivity contribution >= 4 is 22.5 Å². The van der Waals surface area contributed by atoms with Crippen LogP contribution in [0.25, 0.3) is 33.0 Å². The van der Waals surface area contributed by atoms with Crippen LogP contribution in [0, 0.1) is 0 Å². The second-order valence-corrected chi connectivity index (χ2v) is 5.91. The van der Waals surface area contributed by atoms with E-state index in [0.717, 1.165) is 16.7 Å². The lowest BCUT2D eigenvalue weighted by molar-refractivity contribution is -0.140. The molecule has 1 aliphatic carbocycles. The molecule has 0 fully saturated rings. The van der Waals surface area contributed by atoms with E-state index < -0.39 is 5.97 Å². The standard InChI is InChI=1S/C21H17NO2/c1-3-20(22-24-13(2)23)16-11-12-19-15-8-5-4-7-14(15)17-9-6-10-18(16)21(17)19/h4-12H,3H2,1-2H3/b22-20-. The van der Waals surface area contributed by atoms with Crippen LogP contribution < -0.4 is 0 Å². The average molecular weight is 315 g/mol. The molecule has 4 rings (SSSR count). The Morgan fingerprint density at radius 1 is 0.917 bits per heavy atom. The van der Waals surface area contributed by atoms with Gasteiger partial charge in [0.1, 0.15) is 0 Å². The van der Waals surface area contributed by atoms with Crippen molar-refractivity contribution in [3.63, 3.8) is 0 Å². The maximum Gasteiger partial charge on any atom is 0.331 e. The lowest BCUT2D eigenvalue weighted by Crippen LogP contribution is -2.03. The molecule has 0 unspecified atom stereocenters. The first-order chi connectivity index (χ1) is 11.7. The fourth-order valence-corrected chi connectivity index (χ4v) is 3.48. The van der Waals surface area contributed by atoms with Gasteiger partial charge in [0, 0.05) is 12.5 Å². The zero-order chi connectivity index (χ0) is 16.7. The van der Waals surface area contributed by atoms with Crippen LogP contribution in [0.1, 0.15) is 25.8 Å². The fourth-order valence-electron chi connectivity index (χ4n) is 3.48. The predicted molar refractivity (Wildman–Crippen MR) is 97.0 cm³/mol. The van der Waals surface area contributed by atoms with E-state index in [1.165, 1.54) is 34.6 Å². The molecule has 0 saturated carbocycles. The summed E-state index contributed by atoms with van der Waals surface area (Å²) in [7, 11) is 0. The monoisotopic (exact) mass is 315 g/mol. The highest BCUT2D eigenvalue weighted by Crippen LogP contribution is 2.47. The van der Waals surface area contributed by atoms with Gasteiger partial charge in [-0.2, -0.15) is 0 Å². The van der Waals surface area contributed by atoms with Gasteiger partial charge in [0.15, 0.2) is 0 Å². The molecular weight excluding hydrogens is 298 g/mol. The van der Waals surface area contributed by atoms with Gasteiger partial charge in [-0.05, 0) is 39.4 Å². The summed E-state index contributed by atoms with van der Waals surface area (Å²) >= 11 is 0. The van der Waals surface area contributed by atoms with Gasteiger partial charge in [-0.3, -0.25) is 0 Å². The third-order valence-corrected chi connectivity index (χ3v) is 4.48. The Bertz CT molecular complexity index is 973. The molecule has 118 valence electrons. The van der Waals surface area contributed by atoms with Crippen molar-refractivity contribution in [1.82, 2.24) is 0 Å². The number of rotatable bonds is 3. The first kappa shape index (κ1) is 14.6. The van der Waals surface area contributed by atoms with Gasteiger partial charge in [0.05, 0.1) is 5.71 Å². The number of nitrogens with zero attached hydrogens (tertiary/aromatic N) is 1. The molecule has 24 heavy (non-hydrogen) atoms. The lowest BCUT2D eigenvalue weighted by Gasteiger charge is -2.10. The van der Waals surface area contributed by atoms with E-state index in [2.05, 4.69) is 59.8 Å². The van der Waals surface area contributed by atoms with E-state index >= 15 is 0 Å². The summed E-state index contributed by atoms with van der Waals surface area (Å²) in [5.41, 5.74) is 6.85. The molecule has 1 aliphatic rings. The molecule has 0 radical (unpaired) electrons. The minimum atomic E-state index is -0.403. The highest BCUT2D eigenvalue weighted by Gasteiger charge is 2.22. The van der Waals surface area contributed by atoms with Gasteiger partial charge in [0.25, 0.3) is 0 Å².